The average molecular weight is 407 g/mol. The molecule has 0 aliphatic heterocycles. The first-order chi connectivity index (χ1) is 13.9. The predicted molar refractivity (Wildman–Crippen MR) is 102 cm³/mol. The molecule has 0 unspecified atom stereocenters. The molecule has 0 aliphatic rings. The summed E-state index contributed by atoms with van der Waals surface area (Å²) in [6.45, 7) is -0.810. The Morgan fingerprint density at radius 1 is 1.07 bits per heavy atom. The van der Waals surface area contributed by atoms with Crippen LogP contribution in [0.4, 0.5) is 8.78 Å². The number of benzene rings is 2. The molecule has 2 aromatic rings. The van der Waals surface area contributed by atoms with Crippen molar-refractivity contribution in [1.82, 2.24) is 5.32 Å². The van der Waals surface area contributed by atoms with Crippen LogP contribution in [0.1, 0.15) is 17.5 Å². The maximum Gasteiger partial charge on any atom is 0.387 e. The highest BCUT2D eigenvalue weighted by Gasteiger charge is 2.08. The van der Waals surface area contributed by atoms with Gasteiger partial charge < -0.3 is 19.5 Å². The summed E-state index contributed by atoms with van der Waals surface area (Å²) in [5.41, 5.74) is 1.90. The number of alkyl halides is 2. The lowest BCUT2D eigenvalue weighted by molar-refractivity contribution is -0.149. The standard InChI is InChI=1S/C21H23F2NO5/c1-15-3-2-4-18(13-15)27-12-10-20(26)28-14-19(25)24-11-9-16-5-7-17(8-6-16)29-21(22)23/h2-8,13,21H,9-12,14H2,1H3,(H,24,25). The van der Waals surface area contributed by atoms with E-state index >= 15 is 0 Å². The highest BCUT2D eigenvalue weighted by molar-refractivity contribution is 5.80. The second kappa shape index (κ2) is 11.6. The van der Waals surface area contributed by atoms with Crippen molar-refractivity contribution >= 4 is 11.9 Å². The summed E-state index contributed by atoms with van der Waals surface area (Å²) < 4.78 is 38.8. The summed E-state index contributed by atoms with van der Waals surface area (Å²) in [5, 5.41) is 2.62. The van der Waals surface area contributed by atoms with Crippen LogP contribution in [-0.2, 0) is 20.7 Å². The molecule has 6 nitrogen and oxygen atoms in total. The second-order valence-electron chi connectivity index (χ2n) is 6.20. The molecule has 0 saturated carbocycles. The van der Waals surface area contributed by atoms with Gasteiger partial charge in [0.2, 0.25) is 0 Å². The zero-order chi connectivity index (χ0) is 21.1. The molecule has 0 radical (unpaired) electrons. The van der Waals surface area contributed by atoms with E-state index in [2.05, 4.69) is 10.1 Å². The Bertz CT molecular complexity index is 796. The first-order valence-electron chi connectivity index (χ1n) is 9.08. The number of rotatable bonds is 11. The maximum absolute atomic E-state index is 12.1. The van der Waals surface area contributed by atoms with Gasteiger partial charge >= 0.3 is 12.6 Å². The SMILES string of the molecule is Cc1cccc(OCCC(=O)OCC(=O)NCCc2ccc(OC(F)F)cc2)c1. The van der Waals surface area contributed by atoms with E-state index in [1.54, 1.807) is 18.2 Å². The molecule has 8 heteroatoms. The van der Waals surface area contributed by atoms with E-state index in [0.717, 1.165) is 11.1 Å². The molecule has 0 spiro atoms. The van der Waals surface area contributed by atoms with Gasteiger partial charge in [-0.2, -0.15) is 8.78 Å². The monoisotopic (exact) mass is 407 g/mol. The fourth-order valence-corrected chi connectivity index (χ4v) is 2.41. The van der Waals surface area contributed by atoms with Gasteiger partial charge in [-0.05, 0) is 48.7 Å². The van der Waals surface area contributed by atoms with Crippen LogP contribution in [0.2, 0.25) is 0 Å². The fraction of sp³-hybridized carbons (Fsp3) is 0.333. The quantitative estimate of drug-likeness (QED) is 0.579. The molecule has 1 N–H and O–H groups in total. The Hall–Kier alpha value is -3.16. The lowest BCUT2D eigenvalue weighted by atomic mass is 10.1. The van der Waals surface area contributed by atoms with E-state index in [1.807, 2.05) is 25.1 Å². The van der Waals surface area contributed by atoms with E-state index in [0.29, 0.717) is 18.7 Å². The lowest BCUT2D eigenvalue weighted by Crippen LogP contribution is -2.30. The number of esters is 1. The molecule has 0 aromatic heterocycles. The normalized spacial score (nSPS) is 10.5. The smallest absolute Gasteiger partial charge is 0.387 e. The molecule has 0 atom stereocenters. The summed E-state index contributed by atoms with van der Waals surface area (Å²) in [6, 6.07) is 13.6. The molecule has 0 saturated heterocycles. The number of ether oxygens (including phenoxy) is 3. The zero-order valence-electron chi connectivity index (χ0n) is 16.0. The predicted octanol–water partition coefficient (Wildman–Crippen LogP) is 3.27. The third-order valence-corrected chi connectivity index (χ3v) is 3.81. The van der Waals surface area contributed by atoms with E-state index in [4.69, 9.17) is 9.47 Å². The van der Waals surface area contributed by atoms with E-state index in [-0.39, 0.29) is 25.4 Å². The second-order valence-corrected chi connectivity index (χ2v) is 6.20. The van der Waals surface area contributed by atoms with Crippen LogP contribution in [-0.4, -0.2) is 38.2 Å². The molecular weight excluding hydrogens is 384 g/mol. The number of hydrogen-bond donors (Lipinski definition) is 1. The van der Waals surface area contributed by atoms with Gasteiger partial charge in [-0.3, -0.25) is 9.59 Å². The summed E-state index contributed by atoms with van der Waals surface area (Å²) in [6.07, 6.45) is 0.535. The van der Waals surface area contributed by atoms with Crippen LogP contribution >= 0.6 is 0 Å². The number of aryl methyl sites for hydroxylation is 1. The van der Waals surface area contributed by atoms with Gasteiger partial charge in [0.05, 0.1) is 13.0 Å². The summed E-state index contributed by atoms with van der Waals surface area (Å²) in [7, 11) is 0. The zero-order valence-corrected chi connectivity index (χ0v) is 16.0. The van der Waals surface area contributed by atoms with E-state index in [9.17, 15) is 18.4 Å². The average Bonchev–Trinajstić information content (AvgIpc) is 2.67. The fourth-order valence-electron chi connectivity index (χ4n) is 2.41. The summed E-state index contributed by atoms with van der Waals surface area (Å²) in [4.78, 5) is 23.4. The summed E-state index contributed by atoms with van der Waals surface area (Å²) >= 11 is 0. The van der Waals surface area contributed by atoms with Gasteiger partial charge in [-0.15, -0.1) is 0 Å². The highest BCUT2D eigenvalue weighted by Crippen LogP contribution is 2.15. The Kier molecular flexibility index (Phi) is 8.88. The van der Waals surface area contributed by atoms with Crippen molar-refractivity contribution in [3.8, 4) is 11.5 Å². The molecule has 29 heavy (non-hydrogen) atoms. The number of amides is 1. The van der Waals surface area contributed by atoms with Crippen LogP contribution in [0.3, 0.4) is 0 Å². The van der Waals surface area contributed by atoms with Gasteiger partial charge in [-0.1, -0.05) is 24.3 Å². The number of nitrogens with one attached hydrogen (secondary N) is 1. The Morgan fingerprint density at radius 3 is 2.52 bits per heavy atom. The molecule has 0 fully saturated rings. The Balaban J connectivity index is 1.57. The van der Waals surface area contributed by atoms with Crippen LogP contribution < -0.4 is 14.8 Å². The van der Waals surface area contributed by atoms with Crippen LogP contribution in [0.25, 0.3) is 0 Å². The minimum Gasteiger partial charge on any atom is -0.493 e. The molecule has 0 aliphatic carbocycles. The highest BCUT2D eigenvalue weighted by atomic mass is 19.3. The number of carbonyl (C=O) groups excluding carboxylic acids is 2. The minimum atomic E-state index is -2.86. The van der Waals surface area contributed by atoms with Crippen molar-refractivity contribution in [2.24, 2.45) is 0 Å². The van der Waals surface area contributed by atoms with Gasteiger partial charge in [0.15, 0.2) is 6.61 Å². The van der Waals surface area contributed by atoms with Gasteiger partial charge in [0, 0.05) is 6.54 Å². The lowest BCUT2D eigenvalue weighted by Gasteiger charge is -2.09. The van der Waals surface area contributed by atoms with E-state index in [1.165, 1.54) is 12.1 Å². The topological polar surface area (TPSA) is 73.9 Å². The number of carbonyl (C=O) groups is 2. The molecule has 0 heterocycles. The molecule has 1 amide bonds. The number of hydrogen-bond acceptors (Lipinski definition) is 5. The van der Waals surface area contributed by atoms with E-state index < -0.39 is 18.5 Å². The van der Waals surface area contributed by atoms with Crippen molar-refractivity contribution in [1.29, 1.82) is 0 Å². The van der Waals surface area contributed by atoms with Crippen molar-refractivity contribution < 1.29 is 32.6 Å². The Morgan fingerprint density at radius 2 is 1.83 bits per heavy atom. The van der Waals surface area contributed by atoms with Crippen molar-refractivity contribution in [3.63, 3.8) is 0 Å². The third-order valence-electron chi connectivity index (χ3n) is 3.81. The van der Waals surface area contributed by atoms with Gasteiger partial charge in [-0.25, -0.2) is 0 Å². The molecule has 2 rings (SSSR count). The largest absolute Gasteiger partial charge is 0.493 e. The van der Waals surface area contributed by atoms with Crippen molar-refractivity contribution in [2.75, 3.05) is 19.8 Å². The molecule has 2 aromatic carbocycles. The van der Waals surface area contributed by atoms with Crippen molar-refractivity contribution in [3.05, 3.63) is 59.7 Å². The number of halogens is 2. The van der Waals surface area contributed by atoms with Gasteiger partial charge in [0.1, 0.15) is 11.5 Å². The first kappa shape index (κ1) is 22.1. The third kappa shape index (κ3) is 9.05. The van der Waals surface area contributed by atoms with Gasteiger partial charge in [0.25, 0.3) is 5.91 Å². The summed E-state index contributed by atoms with van der Waals surface area (Å²) in [5.74, 6) is -0.201. The molecule has 156 valence electrons. The first-order valence-corrected chi connectivity index (χ1v) is 9.08. The van der Waals surface area contributed by atoms with Crippen LogP contribution in [0.15, 0.2) is 48.5 Å². The minimum absolute atomic E-state index is 0.0360. The molecule has 0 bridgehead atoms. The van der Waals surface area contributed by atoms with Crippen LogP contribution in [0.5, 0.6) is 11.5 Å². The maximum atomic E-state index is 12.1. The molecular formula is C21H23F2NO5. The van der Waals surface area contributed by atoms with Crippen molar-refractivity contribution in [2.45, 2.75) is 26.4 Å². The Labute approximate surface area is 167 Å². The van der Waals surface area contributed by atoms with Crippen LogP contribution in [0, 0.1) is 6.92 Å².